The van der Waals surface area contributed by atoms with Gasteiger partial charge in [-0.25, -0.2) is 0 Å². The molecule has 1 saturated carbocycles. The van der Waals surface area contributed by atoms with Gasteiger partial charge in [0.25, 0.3) is 0 Å². The fraction of sp³-hybridized carbons (Fsp3) is 1.00. The smallest absolute Gasteiger partial charge is 0.0107 e. The molecule has 1 unspecified atom stereocenters. The van der Waals surface area contributed by atoms with Gasteiger partial charge in [-0.3, -0.25) is 0 Å². The van der Waals surface area contributed by atoms with Crippen molar-refractivity contribution >= 4 is 0 Å². The number of rotatable bonds is 4. The van der Waals surface area contributed by atoms with Crippen LogP contribution in [0.4, 0.5) is 0 Å². The summed E-state index contributed by atoms with van der Waals surface area (Å²) in [6.07, 6.45) is 7.11. The van der Waals surface area contributed by atoms with Crippen molar-refractivity contribution in [2.45, 2.75) is 45.1 Å². The Balaban J connectivity index is 1.55. The quantitative estimate of drug-likeness (QED) is 0.738. The highest BCUT2D eigenvalue weighted by atomic mass is 15.1. The van der Waals surface area contributed by atoms with Crippen molar-refractivity contribution in [3.63, 3.8) is 0 Å². The zero-order valence-electron chi connectivity index (χ0n) is 9.47. The summed E-state index contributed by atoms with van der Waals surface area (Å²) < 4.78 is 0. The molecule has 2 rings (SSSR count). The normalized spacial score (nSPS) is 30.2. The molecule has 1 atom stereocenters. The Morgan fingerprint density at radius 3 is 2.71 bits per heavy atom. The highest BCUT2D eigenvalue weighted by molar-refractivity contribution is 4.77. The van der Waals surface area contributed by atoms with Crippen molar-refractivity contribution in [3.8, 4) is 0 Å². The first-order valence-corrected chi connectivity index (χ1v) is 6.30. The van der Waals surface area contributed by atoms with Gasteiger partial charge in [0.2, 0.25) is 0 Å². The highest BCUT2D eigenvalue weighted by Gasteiger charge is 2.18. The van der Waals surface area contributed by atoms with Crippen LogP contribution in [0.1, 0.15) is 39.0 Å². The first-order chi connectivity index (χ1) is 6.84. The molecule has 0 bridgehead atoms. The van der Waals surface area contributed by atoms with Gasteiger partial charge in [-0.15, -0.1) is 0 Å². The monoisotopic (exact) mass is 196 g/mol. The molecule has 0 aromatic carbocycles. The van der Waals surface area contributed by atoms with Gasteiger partial charge in [0.1, 0.15) is 0 Å². The summed E-state index contributed by atoms with van der Waals surface area (Å²) in [5.74, 6) is 0.924. The second-order valence-electron chi connectivity index (χ2n) is 5.13. The molecule has 1 saturated heterocycles. The molecule has 1 aliphatic heterocycles. The average Bonchev–Trinajstić information content (AvgIpc) is 2.09. The lowest BCUT2D eigenvalue weighted by Gasteiger charge is -2.32. The van der Waals surface area contributed by atoms with Crippen LogP contribution in [0.2, 0.25) is 0 Å². The van der Waals surface area contributed by atoms with E-state index < -0.39 is 0 Å². The van der Waals surface area contributed by atoms with Crippen LogP contribution in [0.15, 0.2) is 0 Å². The van der Waals surface area contributed by atoms with Gasteiger partial charge in [0.05, 0.1) is 0 Å². The summed E-state index contributed by atoms with van der Waals surface area (Å²) in [4.78, 5) is 2.62. The Hall–Kier alpha value is -0.0800. The van der Waals surface area contributed by atoms with Crippen LogP contribution in [0.25, 0.3) is 0 Å². The second kappa shape index (κ2) is 5.13. The topological polar surface area (TPSA) is 15.3 Å². The zero-order chi connectivity index (χ0) is 9.80. The van der Waals surface area contributed by atoms with Gasteiger partial charge in [-0.1, -0.05) is 13.3 Å². The van der Waals surface area contributed by atoms with Crippen molar-refractivity contribution < 1.29 is 0 Å². The van der Waals surface area contributed by atoms with E-state index in [9.17, 15) is 0 Å². The minimum Gasteiger partial charge on any atom is -0.313 e. The van der Waals surface area contributed by atoms with Crippen LogP contribution < -0.4 is 5.32 Å². The summed E-state index contributed by atoms with van der Waals surface area (Å²) in [5.41, 5.74) is 0. The molecule has 0 aromatic rings. The third-order valence-electron chi connectivity index (χ3n) is 3.71. The molecule has 0 aromatic heterocycles. The zero-order valence-corrected chi connectivity index (χ0v) is 9.47. The second-order valence-corrected chi connectivity index (χ2v) is 5.13. The summed E-state index contributed by atoms with van der Waals surface area (Å²) in [5, 5.41) is 3.64. The lowest BCUT2D eigenvalue weighted by molar-refractivity contribution is 0.179. The van der Waals surface area contributed by atoms with Crippen LogP contribution >= 0.6 is 0 Å². The highest BCUT2D eigenvalue weighted by Crippen LogP contribution is 2.18. The molecule has 82 valence electrons. The SMILES string of the molecule is CC1CCCN(CCNC2CCC2)C1. The van der Waals surface area contributed by atoms with E-state index in [-0.39, 0.29) is 0 Å². The van der Waals surface area contributed by atoms with Crippen molar-refractivity contribution in [1.29, 1.82) is 0 Å². The average molecular weight is 196 g/mol. The van der Waals surface area contributed by atoms with Crippen molar-refractivity contribution in [3.05, 3.63) is 0 Å². The predicted octanol–water partition coefficient (Wildman–Crippen LogP) is 1.86. The third kappa shape index (κ3) is 2.96. The van der Waals surface area contributed by atoms with Crippen molar-refractivity contribution in [1.82, 2.24) is 10.2 Å². The Morgan fingerprint density at radius 1 is 1.21 bits per heavy atom. The maximum atomic E-state index is 3.64. The van der Waals surface area contributed by atoms with E-state index in [0.29, 0.717) is 0 Å². The van der Waals surface area contributed by atoms with Crippen LogP contribution in [0.5, 0.6) is 0 Å². The molecule has 1 aliphatic carbocycles. The third-order valence-corrected chi connectivity index (χ3v) is 3.71. The molecular formula is C12H24N2. The van der Waals surface area contributed by atoms with E-state index >= 15 is 0 Å². The van der Waals surface area contributed by atoms with Crippen LogP contribution in [0, 0.1) is 5.92 Å². The maximum absolute atomic E-state index is 3.64. The van der Waals surface area contributed by atoms with E-state index in [2.05, 4.69) is 17.1 Å². The number of piperidine rings is 1. The molecule has 0 amide bonds. The first-order valence-electron chi connectivity index (χ1n) is 6.30. The number of nitrogens with one attached hydrogen (secondary N) is 1. The van der Waals surface area contributed by atoms with Gasteiger partial charge in [0.15, 0.2) is 0 Å². The standard InChI is InChI=1S/C12H24N2/c1-11-4-3-8-14(10-11)9-7-13-12-5-2-6-12/h11-13H,2-10H2,1H3. The van der Waals surface area contributed by atoms with Gasteiger partial charge < -0.3 is 10.2 Å². The van der Waals surface area contributed by atoms with E-state index in [0.717, 1.165) is 12.0 Å². The number of likely N-dealkylation sites (tertiary alicyclic amines) is 1. The molecule has 2 aliphatic rings. The molecule has 2 nitrogen and oxygen atoms in total. The van der Waals surface area contributed by atoms with Crippen LogP contribution in [-0.4, -0.2) is 37.1 Å². The molecular weight excluding hydrogens is 172 g/mol. The largest absolute Gasteiger partial charge is 0.313 e. The lowest BCUT2D eigenvalue weighted by Crippen LogP contribution is -2.43. The van der Waals surface area contributed by atoms with Crippen LogP contribution in [0.3, 0.4) is 0 Å². The molecule has 0 spiro atoms. The van der Waals surface area contributed by atoms with E-state index in [1.54, 1.807) is 0 Å². The molecule has 2 fully saturated rings. The molecule has 1 heterocycles. The van der Waals surface area contributed by atoms with Crippen molar-refractivity contribution in [2.75, 3.05) is 26.2 Å². The van der Waals surface area contributed by atoms with Crippen molar-refractivity contribution in [2.24, 2.45) is 5.92 Å². The van der Waals surface area contributed by atoms with E-state index in [1.165, 1.54) is 58.3 Å². The predicted molar refractivity (Wildman–Crippen MR) is 60.5 cm³/mol. The number of nitrogens with zero attached hydrogens (tertiary/aromatic N) is 1. The summed E-state index contributed by atoms with van der Waals surface area (Å²) >= 11 is 0. The Morgan fingerprint density at radius 2 is 2.07 bits per heavy atom. The number of hydrogen-bond donors (Lipinski definition) is 1. The minimum absolute atomic E-state index is 0.859. The summed E-state index contributed by atoms with van der Waals surface area (Å²) in [7, 11) is 0. The minimum atomic E-state index is 0.859. The van der Waals surface area contributed by atoms with Gasteiger partial charge in [-0.05, 0) is 38.1 Å². The maximum Gasteiger partial charge on any atom is 0.0107 e. The first kappa shape index (κ1) is 10.4. The fourth-order valence-electron chi connectivity index (χ4n) is 2.53. The molecule has 2 heteroatoms. The molecule has 0 radical (unpaired) electrons. The Labute approximate surface area is 88.1 Å². The summed E-state index contributed by atoms with van der Waals surface area (Å²) in [6, 6.07) is 0.859. The van der Waals surface area contributed by atoms with Crippen LogP contribution in [-0.2, 0) is 0 Å². The Kier molecular flexibility index (Phi) is 3.82. The lowest BCUT2D eigenvalue weighted by atomic mass is 9.93. The van der Waals surface area contributed by atoms with E-state index in [1.807, 2.05) is 0 Å². The van der Waals surface area contributed by atoms with E-state index in [4.69, 9.17) is 0 Å². The van der Waals surface area contributed by atoms with Gasteiger partial charge in [-0.2, -0.15) is 0 Å². The Bertz CT molecular complexity index is 166. The van der Waals surface area contributed by atoms with Gasteiger partial charge in [0, 0.05) is 25.7 Å². The molecule has 14 heavy (non-hydrogen) atoms. The fourth-order valence-corrected chi connectivity index (χ4v) is 2.53. The number of hydrogen-bond acceptors (Lipinski definition) is 2. The van der Waals surface area contributed by atoms with Gasteiger partial charge >= 0.3 is 0 Å². The molecule has 1 N–H and O–H groups in total. The summed E-state index contributed by atoms with van der Waals surface area (Å²) in [6.45, 7) is 7.51.